The van der Waals surface area contributed by atoms with Crippen LogP contribution in [-0.2, 0) is 4.79 Å². The average molecular weight is 224 g/mol. The molecule has 0 aromatic heterocycles. The van der Waals surface area contributed by atoms with Crippen molar-refractivity contribution in [2.24, 2.45) is 11.3 Å². The van der Waals surface area contributed by atoms with E-state index in [1.807, 2.05) is 0 Å². The van der Waals surface area contributed by atoms with Gasteiger partial charge >= 0.3 is 0 Å². The van der Waals surface area contributed by atoms with Gasteiger partial charge in [-0.15, -0.1) is 0 Å². The standard InChI is InChI=1S/C13H24N2O/c1-13(2)6-5-11(9-13)14-7-8-15-12(16)10-3-4-10/h10-11,14H,3-9H2,1-2H3,(H,15,16). The smallest absolute Gasteiger partial charge is 0.223 e. The van der Waals surface area contributed by atoms with Crippen LogP contribution < -0.4 is 10.6 Å². The molecular weight excluding hydrogens is 200 g/mol. The molecular formula is C13H24N2O. The summed E-state index contributed by atoms with van der Waals surface area (Å²) in [6.45, 7) is 6.37. The third kappa shape index (κ3) is 3.48. The Morgan fingerprint density at radius 3 is 2.56 bits per heavy atom. The third-order valence-corrected chi connectivity index (χ3v) is 3.77. The topological polar surface area (TPSA) is 41.1 Å². The molecule has 0 aromatic rings. The molecule has 0 heterocycles. The lowest BCUT2D eigenvalue weighted by molar-refractivity contribution is -0.122. The lowest BCUT2D eigenvalue weighted by Gasteiger charge is -2.18. The molecule has 1 unspecified atom stereocenters. The van der Waals surface area contributed by atoms with Gasteiger partial charge in [0.25, 0.3) is 0 Å². The van der Waals surface area contributed by atoms with Crippen molar-refractivity contribution < 1.29 is 4.79 Å². The van der Waals surface area contributed by atoms with E-state index >= 15 is 0 Å². The third-order valence-electron chi connectivity index (χ3n) is 3.77. The van der Waals surface area contributed by atoms with Crippen LogP contribution in [0.2, 0.25) is 0 Å². The minimum Gasteiger partial charge on any atom is -0.355 e. The molecule has 3 heteroatoms. The highest BCUT2D eigenvalue weighted by atomic mass is 16.2. The number of carbonyl (C=O) groups excluding carboxylic acids is 1. The van der Waals surface area contributed by atoms with Gasteiger partial charge in [0.1, 0.15) is 0 Å². The van der Waals surface area contributed by atoms with E-state index in [0.29, 0.717) is 17.4 Å². The van der Waals surface area contributed by atoms with Crippen molar-refractivity contribution in [3.05, 3.63) is 0 Å². The largest absolute Gasteiger partial charge is 0.355 e. The van der Waals surface area contributed by atoms with Crippen molar-refractivity contribution in [1.82, 2.24) is 10.6 Å². The second-order valence-corrected chi connectivity index (χ2v) is 6.12. The zero-order valence-corrected chi connectivity index (χ0v) is 10.5. The molecule has 0 bridgehead atoms. The molecule has 2 fully saturated rings. The van der Waals surface area contributed by atoms with Crippen molar-refractivity contribution in [3.8, 4) is 0 Å². The van der Waals surface area contributed by atoms with Crippen LogP contribution in [0.25, 0.3) is 0 Å². The first-order chi connectivity index (χ1) is 7.57. The van der Waals surface area contributed by atoms with Crippen molar-refractivity contribution in [2.45, 2.75) is 52.0 Å². The Labute approximate surface area is 98.4 Å². The van der Waals surface area contributed by atoms with E-state index in [-0.39, 0.29) is 5.91 Å². The van der Waals surface area contributed by atoms with Gasteiger partial charge in [-0.25, -0.2) is 0 Å². The van der Waals surface area contributed by atoms with Crippen molar-refractivity contribution in [3.63, 3.8) is 0 Å². The van der Waals surface area contributed by atoms with E-state index in [4.69, 9.17) is 0 Å². The molecule has 0 saturated heterocycles. The minimum atomic E-state index is 0.258. The molecule has 2 aliphatic rings. The first-order valence-corrected chi connectivity index (χ1v) is 6.58. The molecule has 1 atom stereocenters. The van der Waals surface area contributed by atoms with Crippen LogP contribution in [0.5, 0.6) is 0 Å². The number of hydrogen-bond donors (Lipinski definition) is 2. The van der Waals surface area contributed by atoms with Crippen LogP contribution in [0, 0.1) is 11.3 Å². The molecule has 2 N–H and O–H groups in total. The predicted octanol–water partition coefficient (Wildman–Crippen LogP) is 1.68. The molecule has 0 aromatic carbocycles. The molecule has 2 aliphatic carbocycles. The van der Waals surface area contributed by atoms with Gasteiger partial charge in [0, 0.05) is 25.0 Å². The normalized spacial score (nSPS) is 28.0. The molecule has 3 nitrogen and oxygen atoms in total. The summed E-state index contributed by atoms with van der Waals surface area (Å²) in [7, 11) is 0. The maximum atomic E-state index is 11.4. The lowest BCUT2D eigenvalue weighted by Crippen LogP contribution is -2.36. The average Bonchev–Trinajstić information content (AvgIpc) is 2.99. The first kappa shape index (κ1) is 11.9. The maximum absolute atomic E-state index is 11.4. The monoisotopic (exact) mass is 224 g/mol. The quantitative estimate of drug-likeness (QED) is 0.698. The fourth-order valence-corrected chi connectivity index (χ4v) is 2.56. The van der Waals surface area contributed by atoms with Crippen LogP contribution >= 0.6 is 0 Å². The zero-order valence-electron chi connectivity index (χ0n) is 10.5. The fourth-order valence-electron chi connectivity index (χ4n) is 2.56. The second-order valence-electron chi connectivity index (χ2n) is 6.12. The Balaban J connectivity index is 1.53. The Kier molecular flexibility index (Phi) is 3.53. The van der Waals surface area contributed by atoms with Crippen molar-refractivity contribution in [2.75, 3.05) is 13.1 Å². The van der Waals surface area contributed by atoms with Crippen molar-refractivity contribution in [1.29, 1.82) is 0 Å². The molecule has 0 spiro atoms. The molecule has 1 amide bonds. The molecule has 92 valence electrons. The number of carbonyl (C=O) groups is 1. The van der Waals surface area contributed by atoms with Gasteiger partial charge in [-0.3, -0.25) is 4.79 Å². The van der Waals surface area contributed by atoms with Gasteiger partial charge in [0.2, 0.25) is 5.91 Å². The number of hydrogen-bond acceptors (Lipinski definition) is 2. The summed E-state index contributed by atoms with van der Waals surface area (Å²) in [5.41, 5.74) is 0.509. The summed E-state index contributed by atoms with van der Waals surface area (Å²) in [6, 6.07) is 0.660. The van der Waals surface area contributed by atoms with Crippen molar-refractivity contribution >= 4 is 5.91 Å². The van der Waals surface area contributed by atoms with Crippen LogP contribution in [0.15, 0.2) is 0 Å². The van der Waals surface area contributed by atoms with Gasteiger partial charge in [-0.2, -0.15) is 0 Å². The van der Waals surface area contributed by atoms with Crippen LogP contribution in [0.1, 0.15) is 46.0 Å². The summed E-state index contributed by atoms with van der Waals surface area (Å²) in [6.07, 6.45) is 6.05. The minimum absolute atomic E-state index is 0.258. The summed E-state index contributed by atoms with van der Waals surface area (Å²) in [4.78, 5) is 11.4. The highest BCUT2D eigenvalue weighted by Gasteiger charge is 2.31. The maximum Gasteiger partial charge on any atom is 0.223 e. The highest BCUT2D eigenvalue weighted by Crippen LogP contribution is 2.36. The first-order valence-electron chi connectivity index (χ1n) is 6.58. The van der Waals surface area contributed by atoms with Gasteiger partial charge in [-0.1, -0.05) is 13.8 Å². The van der Waals surface area contributed by atoms with E-state index in [1.165, 1.54) is 19.3 Å². The number of nitrogens with one attached hydrogen (secondary N) is 2. The van der Waals surface area contributed by atoms with Crippen LogP contribution in [0.4, 0.5) is 0 Å². The molecule has 16 heavy (non-hydrogen) atoms. The zero-order chi connectivity index (χ0) is 11.6. The number of amides is 1. The predicted molar refractivity (Wildman–Crippen MR) is 65.2 cm³/mol. The molecule has 0 aliphatic heterocycles. The Morgan fingerprint density at radius 2 is 2.00 bits per heavy atom. The van der Waals surface area contributed by atoms with E-state index in [1.54, 1.807) is 0 Å². The molecule has 0 radical (unpaired) electrons. The second kappa shape index (κ2) is 4.74. The Bertz CT molecular complexity index is 259. The van der Waals surface area contributed by atoms with E-state index in [2.05, 4.69) is 24.5 Å². The van der Waals surface area contributed by atoms with E-state index < -0.39 is 0 Å². The SMILES string of the molecule is CC1(C)CCC(NCCNC(=O)C2CC2)C1. The summed E-state index contributed by atoms with van der Waals surface area (Å²) in [5.74, 6) is 0.596. The van der Waals surface area contributed by atoms with Gasteiger partial charge < -0.3 is 10.6 Å². The van der Waals surface area contributed by atoms with Crippen LogP contribution in [-0.4, -0.2) is 25.0 Å². The fraction of sp³-hybridized carbons (Fsp3) is 0.923. The number of rotatable bonds is 5. The molecule has 2 rings (SSSR count). The van der Waals surface area contributed by atoms with Gasteiger partial charge in [0.15, 0.2) is 0 Å². The van der Waals surface area contributed by atoms with Gasteiger partial charge in [-0.05, 0) is 37.5 Å². The summed E-state index contributed by atoms with van der Waals surface area (Å²) < 4.78 is 0. The van der Waals surface area contributed by atoms with E-state index in [0.717, 1.165) is 25.9 Å². The van der Waals surface area contributed by atoms with Crippen LogP contribution in [0.3, 0.4) is 0 Å². The highest BCUT2D eigenvalue weighted by molar-refractivity contribution is 5.80. The van der Waals surface area contributed by atoms with E-state index in [9.17, 15) is 4.79 Å². The Morgan fingerprint density at radius 1 is 1.25 bits per heavy atom. The Hall–Kier alpha value is -0.570. The summed E-state index contributed by atoms with van der Waals surface area (Å²) >= 11 is 0. The van der Waals surface area contributed by atoms with Gasteiger partial charge in [0.05, 0.1) is 0 Å². The lowest BCUT2D eigenvalue weighted by atomic mass is 9.92. The molecule has 2 saturated carbocycles. The summed E-state index contributed by atoms with van der Waals surface area (Å²) in [5, 5.41) is 6.53.